The molecule has 0 aliphatic carbocycles. The van der Waals surface area contributed by atoms with Gasteiger partial charge in [-0.25, -0.2) is 0 Å². The molecule has 0 aromatic heterocycles. The van der Waals surface area contributed by atoms with Crippen LogP contribution in [0.1, 0.15) is 37.8 Å². The number of carbonyl (C=O) groups excluding carboxylic acids is 2. The van der Waals surface area contributed by atoms with Gasteiger partial charge in [0.1, 0.15) is 5.41 Å². The fraction of sp³-hybridized carbons (Fsp3) is 0.417. The summed E-state index contributed by atoms with van der Waals surface area (Å²) >= 11 is 0. The zero-order valence-corrected chi connectivity index (χ0v) is 17.3. The third kappa shape index (κ3) is 4.00. The van der Waals surface area contributed by atoms with Crippen molar-refractivity contribution in [1.29, 1.82) is 0 Å². The number of carbonyl (C=O) groups is 2. The number of fused-ring (bicyclic) bond motifs is 1. The van der Waals surface area contributed by atoms with Gasteiger partial charge < -0.3 is 15.1 Å². The number of benzene rings is 2. The summed E-state index contributed by atoms with van der Waals surface area (Å²) in [5, 5.41) is 2.93. The van der Waals surface area contributed by atoms with Gasteiger partial charge in [-0.3, -0.25) is 9.59 Å². The van der Waals surface area contributed by atoms with Crippen LogP contribution in [0.3, 0.4) is 0 Å². The summed E-state index contributed by atoms with van der Waals surface area (Å²) in [6.45, 7) is 6.82. The Balaban J connectivity index is 1.41. The number of anilines is 2. The molecule has 5 nitrogen and oxygen atoms in total. The molecule has 5 heteroatoms. The molecule has 0 bridgehead atoms. The minimum absolute atomic E-state index is 0.127. The number of rotatable bonds is 4. The van der Waals surface area contributed by atoms with E-state index in [1.807, 2.05) is 36.4 Å². The van der Waals surface area contributed by atoms with Gasteiger partial charge in [-0.2, -0.15) is 0 Å². The standard InChI is InChI=1S/C24H29N3O2/c1-24(2,23(29)27-16-13-18-7-3-4-8-19(18)17-27)22(28)25-20-9-11-21(12-10-20)26-14-5-6-15-26/h3-4,7-12H,5-6,13-17H2,1-2H3,(H,25,28). The third-order valence-corrected chi connectivity index (χ3v) is 6.12. The van der Waals surface area contributed by atoms with Crippen LogP contribution in [-0.2, 0) is 22.6 Å². The summed E-state index contributed by atoms with van der Waals surface area (Å²) < 4.78 is 0. The average Bonchev–Trinajstić information content (AvgIpc) is 3.28. The van der Waals surface area contributed by atoms with Gasteiger partial charge in [-0.15, -0.1) is 0 Å². The first-order valence-corrected chi connectivity index (χ1v) is 10.5. The molecule has 4 rings (SSSR count). The van der Waals surface area contributed by atoms with Gasteiger partial charge in [0, 0.05) is 37.6 Å². The molecule has 2 aromatic rings. The molecule has 1 fully saturated rings. The molecule has 0 unspecified atom stereocenters. The molecular weight excluding hydrogens is 362 g/mol. The van der Waals surface area contributed by atoms with Crippen molar-refractivity contribution in [3.63, 3.8) is 0 Å². The Morgan fingerprint density at radius 3 is 2.24 bits per heavy atom. The molecule has 2 aliphatic heterocycles. The van der Waals surface area contributed by atoms with E-state index in [0.29, 0.717) is 13.1 Å². The maximum absolute atomic E-state index is 13.1. The van der Waals surface area contributed by atoms with E-state index in [4.69, 9.17) is 0 Å². The Kier molecular flexibility index (Phi) is 5.31. The van der Waals surface area contributed by atoms with Crippen molar-refractivity contribution in [2.75, 3.05) is 29.9 Å². The van der Waals surface area contributed by atoms with Crippen molar-refractivity contribution in [3.05, 3.63) is 59.7 Å². The van der Waals surface area contributed by atoms with Crippen LogP contribution in [0.4, 0.5) is 11.4 Å². The Morgan fingerprint density at radius 1 is 0.897 bits per heavy atom. The SMILES string of the molecule is CC(C)(C(=O)Nc1ccc(N2CCCC2)cc1)C(=O)N1CCc2ccccc2C1. The van der Waals surface area contributed by atoms with Gasteiger partial charge in [0.2, 0.25) is 11.8 Å². The van der Waals surface area contributed by atoms with Crippen LogP contribution in [0, 0.1) is 5.41 Å². The Hall–Kier alpha value is -2.82. The molecule has 0 atom stereocenters. The van der Waals surface area contributed by atoms with Crippen molar-refractivity contribution < 1.29 is 9.59 Å². The number of nitrogens with one attached hydrogen (secondary N) is 1. The third-order valence-electron chi connectivity index (χ3n) is 6.12. The van der Waals surface area contributed by atoms with Crippen LogP contribution in [0.2, 0.25) is 0 Å². The van der Waals surface area contributed by atoms with Gasteiger partial charge in [0.05, 0.1) is 0 Å². The van der Waals surface area contributed by atoms with Crippen molar-refractivity contribution in [3.8, 4) is 0 Å². The first-order chi connectivity index (χ1) is 13.9. The minimum atomic E-state index is -1.13. The van der Waals surface area contributed by atoms with E-state index in [1.165, 1.54) is 29.7 Å². The average molecular weight is 392 g/mol. The van der Waals surface area contributed by atoms with Crippen LogP contribution in [-0.4, -0.2) is 36.3 Å². The number of amides is 2. The van der Waals surface area contributed by atoms with Gasteiger partial charge >= 0.3 is 0 Å². The van der Waals surface area contributed by atoms with Crippen LogP contribution >= 0.6 is 0 Å². The molecule has 0 radical (unpaired) electrons. The van der Waals surface area contributed by atoms with Gasteiger partial charge in [0.15, 0.2) is 0 Å². The zero-order valence-electron chi connectivity index (χ0n) is 17.3. The van der Waals surface area contributed by atoms with Crippen molar-refractivity contribution in [2.24, 2.45) is 5.41 Å². The monoisotopic (exact) mass is 391 g/mol. The summed E-state index contributed by atoms with van der Waals surface area (Å²) in [4.78, 5) is 30.2. The van der Waals surface area contributed by atoms with Crippen molar-refractivity contribution in [2.45, 2.75) is 39.7 Å². The van der Waals surface area contributed by atoms with Crippen molar-refractivity contribution in [1.82, 2.24) is 4.90 Å². The Bertz CT molecular complexity index is 899. The molecule has 2 aromatic carbocycles. The minimum Gasteiger partial charge on any atom is -0.372 e. The second-order valence-corrected chi connectivity index (χ2v) is 8.57. The summed E-state index contributed by atoms with van der Waals surface area (Å²) in [6, 6.07) is 16.1. The second-order valence-electron chi connectivity index (χ2n) is 8.57. The molecule has 1 N–H and O–H groups in total. The van der Waals surface area contributed by atoms with E-state index < -0.39 is 5.41 Å². The Morgan fingerprint density at radius 2 is 1.55 bits per heavy atom. The summed E-state index contributed by atoms with van der Waals surface area (Å²) in [7, 11) is 0. The predicted octanol–water partition coefficient (Wildman–Crippen LogP) is 3.84. The molecular formula is C24H29N3O2. The molecule has 2 amide bonds. The smallest absolute Gasteiger partial charge is 0.239 e. The Labute approximate surface area is 172 Å². The molecule has 1 saturated heterocycles. The van der Waals surface area contributed by atoms with Crippen LogP contribution in [0.15, 0.2) is 48.5 Å². The van der Waals surface area contributed by atoms with E-state index >= 15 is 0 Å². The summed E-state index contributed by atoms with van der Waals surface area (Å²) in [5.74, 6) is -0.395. The molecule has 2 aliphatic rings. The number of nitrogens with zero attached hydrogens (tertiary/aromatic N) is 2. The van der Waals surface area contributed by atoms with E-state index in [9.17, 15) is 9.59 Å². The fourth-order valence-electron chi connectivity index (χ4n) is 4.18. The summed E-state index contributed by atoms with van der Waals surface area (Å²) in [5.41, 5.74) is 3.24. The predicted molar refractivity (Wildman–Crippen MR) is 116 cm³/mol. The maximum Gasteiger partial charge on any atom is 0.239 e. The quantitative estimate of drug-likeness (QED) is 0.806. The lowest BCUT2D eigenvalue weighted by atomic mass is 9.88. The van der Waals surface area contributed by atoms with E-state index in [1.54, 1.807) is 18.7 Å². The number of hydrogen-bond acceptors (Lipinski definition) is 3. The normalized spacial score (nSPS) is 16.5. The van der Waals surface area contributed by atoms with E-state index in [0.717, 1.165) is 25.2 Å². The molecule has 29 heavy (non-hydrogen) atoms. The van der Waals surface area contributed by atoms with Gasteiger partial charge in [-0.05, 0) is 68.5 Å². The molecule has 152 valence electrons. The van der Waals surface area contributed by atoms with Crippen LogP contribution in [0.5, 0.6) is 0 Å². The first-order valence-electron chi connectivity index (χ1n) is 10.5. The van der Waals surface area contributed by atoms with E-state index in [-0.39, 0.29) is 11.8 Å². The highest BCUT2D eigenvalue weighted by Gasteiger charge is 2.40. The highest BCUT2D eigenvalue weighted by molar-refractivity contribution is 6.09. The lowest BCUT2D eigenvalue weighted by Crippen LogP contribution is -2.48. The van der Waals surface area contributed by atoms with Gasteiger partial charge in [-0.1, -0.05) is 24.3 Å². The topological polar surface area (TPSA) is 52.7 Å². The highest BCUT2D eigenvalue weighted by atomic mass is 16.2. The second kappa shape index (κ2) is 7.90. The van der Waals surface area contributed by atoms with Crippen LogP contribution < -0.4 is 10.2 Å². The lowest BCUT2D eigenvalue weighted by molar-refractivity contribution is -0.147. The fourth-order valence-corrected chi connectivity index (χ4v) is 4.18. The first kappa shape index (κ1) is 19.5. The van der Waals surface area contributed by atoms with Gasteiger partial charge in [0.25, 0.3) is 0 Å². The largest absolute Gasteiger partial charge is 0.372 e. The maximum atomic E-state index is 13.1. The van der Waals surface area contributed by atoms with E-state index in [2.05, 4.69) is 22.3 Å². The molecule has 2 heterocycles. The highest BCUT2D eigenvalue weighted by Crippen LogP contribution is 2.27. The van der Waals surface area contributed by atoms with Crippen molar-refractivity contribution >= 4 is 23.2 Å². The summed E-state index contributed by atoms with van der Waals surface area (Å²) in [6.07, 6.45) is 3.29. The number of hydrogen-bond donors (Lipinski definition) is 1. The molecule has 0 saturated carbocycles. The lowest BCUT2D eigenvalue weighted by Gasteiger charge is -2.34. The zero-order chi connectivity index (χ0) is 20.4. The molecule has 0 spiro atoms. The van der Waals surface area contributed by atoms with Crippen LogP contribution in [0.25, 0.3) is 0 Å².